The van der Waals surface area contributed by atoms with Crippen molar-refractivity contribution < 1.29 is 14.5 Å². The summed E-state index contributed by atoms with van der Waals surface area (Å²) in [5.74, 6) is -1.14. The van der Waals surface area contributed by atoms with E-state index in [-0.39, 0.29) is 11.3 Å². The molecular weight excluding hydrogens is 346 g/mol. The fraction of sp³-hybridized carbons (Fsp3) is 0.176. The van der Waals surface area contributed by atoms with E-state index in [4.69, 9.17) is 11.6 Å². The lowest BCUT2D eigenvalue weighted by molar-refractivity contribution is -0.385. The topological polar surface area (TPSA) is 101 Å². The highest BCUT2D eigenvalue weighted by Gasteiger charge is 2.25. The van der Waals surface area contributed by atoms with Crippen molar-refractivity contribution in [2.45, 2.75) is 19.9 Å². The molecule has 0 aliphatic rings. The number of carbonyl (C=O) groups is 2. The van der Waals surface area contributed by atoms with Crippen molar-refractivity contribution in [1.29, 1.82) is 0 Å². The first-order chi connectivity index (χ1) is 11.8. The zero-order chi connectivity index (χ0) is 18.6. The van der Waals surface area contributed by atoms with Crippen molar-refractivity contribution >= 4 is 34.8 Å². The largest absolute Gasteiger partial charge is 0.340 e. The van der Waals surface area contributed by atoms with Crippen LogP contribution in [0.4, 0.5) is 11.4 Å². The molecule has 0 bridgehead atoms. The number of nitrogens with one attached hydrogen (secondary N) is 2. The van der Waals surface area contributed by atoms with Crippen LogP contribution < -0.4 is 10.6 Å². The first-order valence-electron chi connectivity index (χ1n) is 7.41. The Morgan fingerprint density at radius 1 is 1.16 bits per heavy atom. The molecule has 8 heteroatoms. The summed E-state index contributed by atoms with van der Waals surface area (Å²) in [6.07, 6.45) is 0. The van der Waals surface area contributed by atoms with Crippen molar-refractivity contribution in [1.82, 2.24) is 5.32 Å². The number of nitro groups is 1. The molecule has 0 aliphatic heterocycles. The third-order valence-electron chi connectivity index (χ3n) is 3.52. The molecule has 2 aromatic rings. The molecule has 0 fully saturated rings. The van der Waals surface area contributed by atoms with Gasteiger partial charge < -0.3 is 10.6 Å². The highest BCUT2D eigenvalue weighted by molar-refractivity contribution is 6.30. The maximum Gasteiger partial charge on any atom is 0.285 e. The summed E-state index contributed by atoms with van der Waals surface area (Å²) >= 11 is 5.78. The van der Waals surface area contributed by atoms with Crippen LogP contribution in [0.5, 0.6) is 0 Å². The molecule has 0 saturated heterocycles. The molecule has 2 rings (SSSR count). The quantitative estimate of drug-likeness (QED) is 0.630. The summed E-state index contributed by atoms with van der Waals surface area (Å²) in [6.45, 7) is 3.04. The molecule has 7 nitrogen and oxygen atoms in total. The number of aryl methyl sites for hydroxylation is 1. The summed E-state index contributed by atoms with van der Waals surface area (Å²) < 4.78 is 0. The summed E-state index contributed by atoms with van der Waals surface area (Å²) in [5.41, 5.74) is 0.536. The van der Waals surface area contributed by atoms with E-state index < -0.39 is 22.8 Å². The molecule has 0 saturated carbocycles. The Hall–Kier alpha value is -2.93. The Morgan fingerprint density at radius 3 is 2.40 bits per heavy atom. The van der Waals surface area contributed by atoms with Gasteiger partial charge in [-0.3, -0.25) is 19.7 Å². The standard InChI is InChI=1S/C17H16ClN3O4/c1-10-4-3-5-14(15(10)21(24)25)17(23)19-11(2)16(22)20-13-8-6-12(18)7-9-13/h3-9,11H,1-2H3,(H,19,23)(H,20,22)/t11-/m1/s1. The van der Waals surface area contributed by atoms with Crippen LogP contribution in [-0.2, 0) is 4.79 Å². The van der Waals surface area contributed by atoms with Gasteiger partial charge in [-0.1, -0.05) is 23.7 Å². The molecule has 2 N–H and O–H groups in total. The maximum absolute atomic E-state index is 12.3. The van der Waals surface area contributed by atoms with Crippen molar-refractivity contribution in [3.8, 4) is 0 Å². The van der Waals surface area contributed by atoms with E-state index in [9.17, 15) is 19.7 Å². The van der Waals surface area contributed by atoms with Gasteiger partial charge in [0, 0.05) is 16.3 Å². The Labute approximate surface area is 149 Å². The Morgan fingerprint density at radius 2 is 1.80 bits per heavy atom. The smallest absolute Gasteiger partial charge is 0.285 e. The van der Waals surface area contributed by atoms with Gasteiger partial charge in [0.15, 0.2) is 0 Å². The van der Waals surface area contributed by atoms with Crippen LogP contribution in [0.25, 0.3) is 0 Å². The number of rotatable bonds is 5. The normalized spacial score (nSPS) is 11.5. The summed E-state index contributed by atoms with van der Waals surface area (Å²) in [4.78, 5) is 35.0. The minimum Gasteiger partial charge on any atom is -0.340 e. The van der Waals surface area contributed by atoms with Crippen LogP contribution in [0, 0.1) is 17.0 Å². The highest BCUT2D eigenvalue weighted by atomic mass is 35.5. The number of benzene rings is 2. The van der Waals surface area contributed by atoms with Crippen LogP contribution in [0.1, 0.15) is 22.8 Å². The fourth-order valence-electron chi connectivity index (χ4n) is 2.21. The fourth-order valence-corrected chi connectivity index (χ4v) is 2.33. The van der Waals surface area contributed by atoms with Crippen LogP contribution in [0.2, 0.25) is 5.02 Å². The van der Waals surface area contributed by atoms with Crippen LogP contribution >= 0.6 is 11.6 Å². The Balaban J connectivity index is 2.10. The van der Waals surface area contributed by atoms with Gasteiger partial charge in [-0.25, -0.2) is 0 Å². The number of halogens is 1. The molecule has 2 aromatic carbocycles. The lowest BCUT2D eigenvalue weighted by atomic mass is 10.1. The first-order valence-corrected chi connectivity index (χ1v) is 7.78. The predicted molar refractivity (Wildman–Crippen MR) is 94.8 cm³/mol. The predicted octanol–water partition coefficient (Wildman–Crippen LogP) is 3.31. The summed E-state index contributed by atoms with van der Waals surface area (Å²) in [6, 6.07) is 10.1. The molecule has 25 heavy (non-hydrogen) atoms. The third kappa shape index (κ3) is 4.54. The molecule has 2 amide bonds. The van der Waals surface area contributed by atoms with Gasteiger partial charge >= 0.3 is 0 Å². The van der Waals surface area contributed by atoms with Gasteiger partial charge in [0.1, 0.15) is 11.6 Å². The van der Waals surface area contributed by atoms with Crippen molar-refractivity contribution in [2.75, 3.05) is 5.32 Å². The second-order valence-corrected chi connectivity index (χ2v) is 5.86. The molecular formula is C17H16ClN3O4. The molecule has 0 unspecified atom stereocenters. The van der Waals surface area contributed by atoms with E-state index in [1.165, 1.54) is 13.0 Å². The van der Waals surface area contributed by atoms with Gasteiger partial charge in [0.05, 0.1) is 4.92 Å². The second kappa shape index (κ2) is 7.76. The number of nitrogens with zero attached hydrogens (tertiary/aromatic N) is 1. The van der Waals surface area contributed by atoms with Crippen LogP contribution in [0.15, 0.2) is 42.5 Å². The van der Waals surface area contributed by atoms with E-state index in [2.05, 4.69) is 10.6 Å². The zero-order valence-electron chi connectivity index (χ0n) is 13.6. The molecule has 0 aliphatic carbocycles. The molecule has 0 aromatic heterocycles. The molecule has 0 spiro atoms. The number of para-hydroxylation sites is 1. The Bertz CT molecular complexity index is 821. The van der Waals surface area contributed by atoms with Gasteiger partial charge in [-0.05, 0) is 44.2 Å². The third-order valence-corrected chi connectivity index (χ3v) is 3.77. The lowest BCUT2D eigenvalue weighted by Gasteiger charge is -2.14. The molecule has 1 atom stereocenters. The van der Waals surface area contributed by atoms with E-state index >= 15 is 0 Å². The van der Waals surface area contributed by atoms with Gasteiger partial charge in [0.25, 0.3) is 11.6 Å². The monoisotopic (exact) mass is 361 g/mol. The van der Waals surface area contributed by atoms with E-state index in [0.717, 1.165) is 0 Å². The zero-order valence-corrected chi connectivity index (χ0v) is 14.3. The number of hydrogen-bond donors (Lipinski definition) is 2. The number of carbonyl (C=O) groups excluding carboxylic acids is 2. The number of nitro benzene ring substituents is 1. The number of hydrogen-bond acceptors (Lipinski definition) is 4. The second-order valence-electron chi connectivity index (χ2n) is 5.42. The molecule has 0 heterocycles. The first kappa shape index (κ1) is 18.4. The van der Waals surface area contributed by atoms with Gasteiger partial charge in [-0.2, -0.15) is 0 Å². The number of anilines is 1. The van der Waals surface area contributed by atoms with Crippen molar-refractivity contribution in [3.05, 3.63) is 68.7 Å². The van der Waals surface area contributed by atoms with Crippen LogP contribution in [0.3, 0.4) is 0 Å². The summed E-state index contributed by atoms with van der Waals surface area (Å²) in [7, 11) is 0. The molecule has 0 radical (unpaired) electrons. The van der Waals surface area contributed by atoms with Crippen molar-refractivity contribution in [3.63, 3.8) is 0 Å². The van der Waals surface area contributed by atoms with Gasteiger partial charge in [-0.15, -0.1) is 0 Å². The maximum atomic E-state index is 12.3. The average molecular weight is 362 g/mol. The minimum atomic E-state index is -0.886. The summed E-state index contributed by atoms with van der Waals surface area (Å²) in [5, 5.41) is 16.8. The highest BCUT2D eigenvalue weighted by Crippen LogP contribution is 2.23. The van der Waals surface area contributed by atoms with E-state index in [1.807, 2.05) is 0 Å². The van der Waals surface area contributed by atoms with E-state index in [1.54, 1.807) is 43.3 Å². The Kier molecular flexibility index (Phi) is 5.71. The van der Waals surface area contributed by atoms with Crippen LogP contribution in [-0.4, -0.2) is 22.8 Å². The average Bonchev–Trinajstić information content (AvgIpc) is 2.56. The van der Waals surface area contributed by atoms with E-state index in [0.29, 0.717) is 16.3 Å². The lowest BCUT2D eigenvalue weighted by Crippen LogP contribution is -2.41. The number of amides is 2. The van der Waals surface area contributed by atoms with Crippen molar-refractivity contribution in [2.24, 2.45) is 0 Å². The molecule has 130 valence electrons. The minimum absolute atomic E-state index is 0.0869. The van der Waals surface area contributed by atoms with Gasteiger partial charge in [0.2, 0.25) is 5.91 Å². The SMILES string of the molecule is Cc1cccc(C(=O)N[C@H](C)C(=O)Nc2ccc(Cl)cc2)c1[N+](=O)[O-].